The van der Waals surface area contributed by atoms with Gasteiger partial charge in [-0.15, -0.1) is 0 Å². The van der Waals surface area contributed by atoms with Gasteiger partial charge in [0.15, 0.2) is 5.92 Å². The highest BCUT2D eigenvalue weighted by Crippen LogP contribution is 2.32. The fourth-order valence-corrected chi connectivity index (χ4v) is 2.47. The van der Waals surface area contributed by atoms with Gasteiger partial charge in [0, 0.05) is 24.5 Å². The number of ether oxygens (including phenoxy) is 2. The fraction of sp³-hybridized carbons (Fsp3) is 0.471. The van der Waals surface area contributed by atoms with E-state index in [1.165, 1.54) is 31.2 Å². The van der Waals surface area contributed by atoms with Gasteiger partial charge in [-0.1, -0.05) is 12.1 Å². The summed E-state index contributed by atoms with van der Waals surface area (Å²) in [7, 11) is 0. The molecule has 25 heavy (non-hydrogen) atoms. The van der Waals surface area contributed by atoms with Crippen LogP contribution in [0.4, 0.5) is 5.69 Å². The molecular weight excluding hydrogens is 330 g/mol. The zero-order chi connectivity index (χ0) is 19.0. The molecule has 0 saturated heterocycles. The third-order valence-corrected chi connectivity index (χ3v) is 3.52. The Morgan fingerprint density at radius 1 is 1.04 bits per heavy atom. The summed E-state index contributed by atoms with van der Waals surface area (Å²) >= 11 is 0. The van der Waals surface area contributed by atoms with Gasteiger partial charge in [-0.3, -0.25) is 19.7 Å². The predicted molar refractivity (Wildman–Crippen MR) is 87.9 cm³/mol. The minimum Gasteiger partial charge on any atom is -0.465 e. The van der Waals surface area contributed by atoms with E-state index in [4.69, 9.17) is 9.47 Å². The van der Waals surface area contributed by atoms with E-state index >= 15 is 0 Å². The smallest absolute Gasteiger partial charge is 0.320 e. The third kappa shape index (κ3) is 5.66. The molecule has 1 aromatic rings. The molecule has 0 aliphatic heterocycles. The monoisotopic (exact) mass is 351 g/mol. The van der Waals surface area contributed by atoms with E-state index in [9.17, 15) is 24.5 Å². The van der Waals surface area contributed by atoms with Gasteiger partial charge in [0.25, 0.3) is 5.69 Å². The maximum atomic E-state index is 12.3. The van der Waals surface area contributed by atoms with E-state index in [0.29, 0.717) is 5.56 Å². The first-order valence-corrected chi connectivity index (χ1v) is 7.88. The van der Waals surface area contributed by atoms with Gasteiger partial charge in [-0.05, 0) is 26.3 Å². The lowest BCUT2D eigenvalue weighted by Crippen LogP contribution is -2.34. The van der Waals surface area contributed by atoms with E-state index in [0.717, 1.165) is 0 Å². The molecule has 0 amide bonds. The van der Waals surface area contributed by atoms with Crippen molar-refractivity contribution in [2.75, 3.05) is 13.2 Å². The molecule has 0 fully saturated rings. The molecule has 0 N–H and O–H groups in total. The van der Waals surface area contributed by atoms with Crippen LogP contribution in [0, 0.1) is 16.0 Å². The van der Waals surface area contributed by atoms with Gasteiger partial charge in [-0.25, -0.2) is 0 Å². The molecule has 0 bridgehead atoms. The Labute approximate surface area is 145 Å². The van der Waals surface area contributed by atoms with Crippen LogP contribution in [0.15, 0.2) is 24.3 Å². The number of hydrogen-bond donors (Lipinski definition) is 0. The van der Waals surface area contributed by atoms with Crippen molar-refractivity contribution in [3.8, 4) is 0 Å². The van der Waals surface area contributed by atoms with Crippen molar-refractivity contribution >= 4 is 23.4 Å². The molecule has 0 spiro atoms. The first kappa shape index (κ1) is 20.3. The number of hydrogen-bond acceptors (Lipinski definition) is 7. The van der Waals surface area contributed by atoms with Crippen molar-refractivity contribution in [3.63, 3.8) is 0 Å². The lowest BCUT2D eigenvalue weighted by atomic mass is 9.82. The fourth-order valence-electron chi connectivity index (χ4n) is 2.47. The Morgan fingerprint density at radius 2 is 1.52 bits per heavy atom. The van der Waals surface area contributed by atoms with Crippen LogP contribution in [-0.4, -0.2) is 35.9 Å². The second-order valence-electron chi connectivity index (χ2n) is 5.34. The zero-order valence-corrected chi connectivity index (χ0v) is 14.4. The van der Waals surface area contributed by atoms with Crippen molar-refractivity contribution < 1.29 is 28.8 Å². The normalized spacial score (nSPS) is 11.7. The Hall–Kier alpha value is -2.77. The molecule has 1 aromatic carbocycles. The molecule has 0 aromatic heterocycles. The molecule has 8 nitrogen and oxygen atoms in total. The highest BCUT2D eigenvalue weighted by molar-refractivity contribution is 5.97. The maximum absolute atomic E-state index is 12.3. The standard InChI is InChI=1S/C17H21NO7/c1-4-24-16(20)15(17(21)25-5-2)14(10-11(3)19)12-6-8-13(9-7-12)18(22)23/h6-9,14-15H,4-5,10H2,1-3H3/t14-/m0/s1. The topological polar surface area (TPSA) is 113 Å². The quantitative estimate of drug-likeness (QED) is 0.290. The van der Waals surface area contributed by atoms with E-state index in [1.807, 2.05) is 0 Å². The van der Waals surface area contributed by atoms with Crippen LogP contribution in [0.3, 0.4) is 0 Å². The Morgan fingerprint density at radius 3 is 1.88 bits per heavy atom. The molecule has 0 radical (unpaired) electrons. The van der Waals surface area contributed by atoms with Gasteiger partial charge >= 0.3 is 11.9 Å². The summed E-state index contributed by atoms with van der Waals surface area (Å²) < 4.78 is 9.92. The van der Waals surface area contributed by atoms with Crippen LogP contribution in [0.5, 0.6) is 0 Å². The molecule has 0 unspecified atom stereocenters. The molecule has 136 valence electrons. The van der Waals surface area contributed by atoms with Gasteiger partial charge in [0.2, 0.25) is 0 Å². The van der Waals surface area contributed by atoms with Crippen LogP contribution >= 0.6 is 0 Å². The molecule has 0 aliphatic rings. The molecule has 0 saturated carbocycles. The predicted octanol–water partition coefficient (Wildman–Crippen LogP) is 2.40. The summed E-state index contributed by atoms with van der Waals surface area (Å²) in [5.74, 6) is -3.94. The lowest BCUT2D eigenvalue weighted by molar-refractivity contribution is -0.384. The van der Waals surface area contributed by atoms with Gasteiger partial charge in [-0.2, -0.15) is 0 Å². The maximum Gasteiger partial charge on any atom is 0.320 e. The van der Waals surface area contributed by atoms with Gasteiger partial charge in [0.05, 0.1) is 18.1 Å². The lowest BCUT2D eigenvalue weighted by Gasteiger charge is -2.23. The Balaban J connectivity index is 3.30. The van der Waals surface area contributed by atoms with E-state index in [-0.39, 0.29) is 31.1 Å². The average Bonchev–Trinajstić information content (AvgIpc) is 2.54. The van der Waals surface area contributed by atoms with E-state index in [1.54, 1.807) is 13.8 Å². The van der Waals surface area contributed by atoms with Crippen LogP contribution in [0.1, 0.15) is 38.7 Å². The second kappa shape index (κ2) is 9.51. The molecule has 0 heterocycles. The molecule has 8 heteroatoms. The first-order chi connectivity index (χ1) is 11.8. The molecule has 0 aliphatic carbocycles. The van der Waals surface area contributed by atoms with Gasteiger partial charge in [0.1, 0.15) is 5.78 Å². The largest absolute Gasteiger partial charge is 0.465 e. The summed E-state index contributed by atoms with van der Waals surface area (Å²) in [6, 6.07) is 5.38. The number of rotatable bonds is 9. The average molecular weight is 351 g/mol. The van der Waals surface area contributed by atoms with Crippen LogP contribution in [-0.2, 0) is 23.9 Å². The van der Waals surface area contributed by atoms with Crippen molar-refractivity contribution in [2.45, 2.75) is 33.1 Å². The minimum atomic E-state index is -1.31. The Kier molecular flexibility index (Phi) is 7.71. The minimum absolute atomic E-state index is 0.0712. The molecule has 1 atom stereocenters. The molecular formula is C17H21NO7. The highest BCUT2D eigenvalue weighted by atomic mass is 16.6. The Bertz CT molecular complexity index is 621. The number of esters is 2. The first-order valence-electron chi connectivity index (χ1n) is 7.88. The zero-order valence-electron chi connectivity index (χ0n) is 14.4. The second-order valence-corrected chi connectivity index (χ2v) is 5.34. The number of ketones is 1. The van der Waals surface area contributed by atoms with Gasteiger partial charge < -0.3 is 14.3 Å². The summed E-state index contributed by atoms with van der Waals surface area (Å²) in [5, 5.41) is 10.8. The van der Waals surface area contributed by atoms with Crippen LogP contribution in [0.25, 0.3) is 0 Å². The van der Waals surface area contributed by atoms with Crippen molar-refractivity contribution in [3.05, 3.63) is 39.9 Å². The van der Waals surface area contributed by atoms with E-state index < -0.39 is 28.7 Å². The number of nitrogens with zero attached hydrogens (tertiary/aromatic N) is 1. The van der Waals surface area contributed by atoms with Crippen LogP contribution in [0.2, 0.25) is 0 Å². The summed E-state index contributed by atoms with van der Waals surface area (Å²) in [4.78, 5) is 46.5. The number of Topliss-reactive ketones (excluding diaryl/α,β-unsaturated/α-hetero) is 1. The number of nitro benzene ring substituents is 1. The summed E-state index contributed by atoms with van der Waals surface area (Å²) in [6.07, 6.45) is -0.0971. The number of carbonyl (C=O) groups excluding carboxylic acids is 3. The SMILES string of the molecule is CCOC(=O)C(C(=O)OCC)[C@@H](CC(C)=O)c1ccc([N+](=O)[O-])cc1. The van der Waals surface area contributed by atoms with E-state index in [2.05, 4.69) is 0 Å². The van der Waals surface area contributed by atoms with Crippen molar-refractivity contribution in [1.29, 1.82) is 0 Å². The number of carbonyl (C=O) groups is 3. The number of benzene rings is 1. The molecule has 1 rings (SSSR count). The third-order valence-electron chi connectivity index (χ3n) is 3.52. The number of non-ortho nitro benzene ring substituents is 1. The van der Waals surface area contributed by atoms with Crippen molar-refractivity contribution in [2.24, 2.45) is 5.92 Å². The summed E-state index contributed by atoms with van der Waals surface area (Å²) in [5.41, 5.74) is 0.320. The van der Waals surface area contributed by atoms with Crippen molar-refractivity contribution in [1.82, 2.24) is 0 Å². The number of nitro groups is 1. The summed E-state index contributed by atoms with van der Waals surface area (Å²) in [6.45, 7) is 4.69. The van der Waals surface area contributed by atoms with Crippen LogP contribution < -0.4 is 0 Å². The highest BCUT2D eigenvalue weighted by Gasteiger charge is 2.39.